The van der Waals surface area contributed by atoms with Gasteiger partial charge in [0.1, 0.15) is 28.3 Å². The van der Waals surface area contributed by atoms with E-state index in [0.29, 0.717) is 29.6 Å². The maximum absolute atomic E-state index is 16.4. The number of aromatic nitrogens is 2. The smallest absolute Gasteiger partial charge is 0.412 e. The third-order valence-corrected chi connectivity index (χ3v) is 8.96. The molecule has 0 spiro atoms. The summed E-state index contributed by atoms with van der Waals surface area (Å²) in [5, 5.41) is 27.3. The van der Waals surface area contributed by atoms with Crippen molar-refractivity contribution in [2.24, 2.45) is 0 Å². The van der Waals surface area contributed by atoms with Gasteiger partial charge < -0.3 is 19.6 Å². The van der Waals surface area contributed by atoms with Crippen molar-refractivity contribution in [1.82, 2.24) is 19.6 Å². The molecule has 1 saturated heterocycles. The number of nitrogens with one attached hydrogen (secondary N) is 1. The summed E-state index contributed by atoms with van der Waals surface area (Å²) in [6.07, 6.45) is -1.46. The summed E-state index contributed by atoms with van der Waals surface area (Å²) < 4.78 is 38.6. The third kappa shape index (κ3) is 4.77. The van der Waals surface area contributed by atoms with Crippen LogP contribution in [0.15, 0.2) is 18.2 Å². The second-order valence-corrected chi connectivity index (χ2v) is 12.8. The number of hydrogen-bond acceptors (Lipinski definition) is 7. The molecule has 0 bridgehead atoms. The predicted molar refractivity (Wildman–Crippen MR) is 159 cm³/mol. The van der Waals surface area contributed by atoms with Crippen LogP contribution in [0.3, 0.4) is 0 Å². The Labute approximate surface area is 254 Å². The topological polar surface area (TPSA) is 141 Å². The molecule has 0 radical (unpaired) electrons. The normalized spacial score (nSPS) is 16.8. The molecular formula is C30H28F2N6O5S. The zero-order valence-electron chi connectivity index (χ0n) is 24.3. The maximum Gasteiger partial charge on any atom is 0.412 e. The molecule has 1 atom stereocenters. The molecule has 2 N–H and O–H groups in total. The Kier molecular flexibility index (Phi) is 6.96. The zero-order valence-corrected chi connectivity index (χ0v) is 25.1. The highest BCUT2D eigenvalue weighted by atomic mass is 32.1. The van der Waals surface area contributed by atoms with Crippen molar-refractivity contribution in [3.05, 3.63) is 46.7 Å². The number of nitriles is 1. The lowest BCUT2D eigenvalue weighted by Gasteiger charge is -2.41. The summed E-state index contributed by atoms with van der Waals surface area (Å²) in [4.78, 5) is 40.9. The molecule has 2 aromatic heterocycles. The molecule has 3 amide bonds. The molecule has 228 valence electrons. The van der Waals surface area contributed by atoms with E-state index in [2.05, 4.69) is 10.4 Å². The second-order valence-electron chi connectivity index (χ2n) is 11.8. The molecule has 6 rings (SSSR count). The van der Waals surface area contributed by atoms with Gasteiger partial charge in [-0.15, -0.1) is 11.3 Å². The van der Waals surface area contributed by atoms with Gasteiger partial charge in [-0.1, -0.05) is 6.07 Å². The van der Waals surface area contributed by atoms with Gasteiger partial charge in [-0.05, 0) is 51.8 Å². The Morgan fingerprint density at radius 1 is 1.16 bits per heavy atom. The second kappa shape index (κ2) is 10.4. The van der Waals surface area contributed by atoms with Gasteiger partial charge in [-0.3, -0.25) is 14.8 Å². The third-order valence-electron chi connectivity index (χ3n) is 7.85. The highest BCUT2D eigenvalue weighted by molar-refractivity contribution is 7.23. The lowest BCUT2D eigenvalue weighted by molar-refractivity contribution is 0.0417. The van der Waals surface area contributed by atoms with E-state index in [-0.39, 0.29) is 57.0 Å². The summed E-state index contributed by atoms with van der Waals surface area (Å²) in [5.41, 5.74) is 0.310. The van der Waals surface area contributed by atoms with Gasteiger partial charge >= 0.3 is 12.2 Å². The van der Waals surface area contributed by atoms with Gasteiger partial charge in [0.25, 0.3) is 5.91 Å². The van der Waals surface area contributed by atoms with Crippen LogP contribution < -0.4 is 5.32 Å². The number of nitrogens with zero attached hydrogens (tertiary/aromatic N) is 5. The van der Waals surface area contributed by atoms with Crippen LogP contribution in [-0.2, 0) is 11.3 Å². The standard InChI is InChI=1S/C30H28F2N6O5S/c1-14-21-23(16-5-6-19(31)25-22(16)18(12-33)26(44-25)34-28(40)43-30(2,3)4)20(32)11-17-24(21)38(35-14)8-7-15-13-36(29(41)42)9-10-37(15)27(17)39/h5-6,11,15H,7-10,13H2,1-4H3,(H,34,40)(H,41,42)/t15-/m0/s1. The first-order valence-corrected chi connectivity index (χ1v) is 14.7. The van der Waals surface area contributed by atoms with Crippen LogP contribution in [0.5, 0.6) is 0 Å². The quantitative estimate of drug-likeness (QED) is 0.282. The maximum atomic E-state index is 16.4. The fourth-order valence-corrected chi connectivity index (χ4v) is 7.14. The van der Waals surface area contributed by atoms with Gasteiger partial charge in [0.2, 0.25) is 0 Å². The van der Waals surface area contributed by atoms with E-state index in [1.54, 1.807) is 37.3 Å². The molecule has 14 heteroatoms. The SMILES string of the molecule is Cc1nn2c3c(cc(F)c(-c4ccc(F)c5sc(NC(=O)OC(C)(C)C)c(C#N)c45)c13)C(=O)N1CCN(C(=O)O)C[C@@H]1CC2. The molecule has 0 unspecified atom stereocenters. The fourth-order valence-electron chi connectivity index (χ4n) is 6.07. The van der Waals surface area contributed by atoms with Crippen molar-refractivity contribution in [2.75, 3.05) is 25.0 Å². The van der Waals surface area contributed by atoms with Crippen LogP contribution in [0.2, 0.25) is 0 Å². The van der Waals surface area contributed by atoms with Gasteiger partial charge in [0.05, 0.1) is 33.1 Å². The molecule has 44 heavy (non-hydrogen) atoms. The Hall–Kier alpha value is -4.77. The van der Waals surface area contributed by atoms with Crippen molar-refractivity contribution in [3.8, 4) is 17.2 Å². The molecule has 0 aliphatic carbocycles. The molecule has 1 fully saturated rings. The first-order valence-electron chi connectivity index (χ1n) is 13.9. The predicted octanol–water partition coefficient (Wildman–Crippen LogP) is 5.93. The number of anilines is 1. The summed E-state index contributed by atoms with van der Waals surface area (Å²) >= 11 is 0.840. The average Bonchev–Trinajstić information content (AvgIpc) is 3.47. The summed E-state index contributed by atoms with van der Waals surface area (Å²) in [5.74, 6) is -1.86. The van der Waals surface area contributed by atoms with Crippen LogP contribution in [0.4, 0.5) is 23.4 Å². The fraction of sp³-hybridized carbons (Fsp3) is 0.367. The number of fused-ring (bicyclic) bond motifs is 2. The minimum atomic E-state index is -1.06. The van der Waals surface area contributed by atoms with Crippen LogP contribution in [0.1, 0.15) is 48.8 Å². The largest absolute Gasteiger partial charge is 0.465 e. The van der Waals surface area contributed by atoms with Crippen molar-refractivity contribution >= 4 is 55.4 Å². The van der Waals surface area contributed by atoms with E-state index in [1.165, 1.54) is 17.0 Å². The van der Waals surface area contributed by atoms with E-state index < -0.39 is 41.4 Å². The highest BCUT2D eigenvalue weighted by Crippen LogP contribution is 2.46. The number of halogens is 2. The minimum Gasteiger partial charge on any atom is -0.465 e. The van der Waals surface area contributed by atoms with Crippen LogP contribution >= 0.6 is 11.3 Å². The van der Waals surface area contributed by atoms with Gasteiger partial charge in [0.15, 0.2) is 0 Å². The summed E-state index contributed by atoms with van der Waals surface area (Å²) in [7, 11) is 0. The summed E-state index contributed by atoms with van der Waals surface area (Å²) in [6.45, 7) is 7.52. The molecule has 2 aliphatic heterocycles. The number of benzene rings is 2. The molecule has 11 nitrogen and oxygen atoms in total. The number of rotatable bonds is 2. The Bertz CT molecular complexity index is 1940. The molecule has 0 saturated carbocycles. The van der Waals surface area contributed by atoms with Crippen molar-refractivity contribution < 1.29 is 33.0 Å². The zero-order chi connectivity index (χ0) is 31.7. The molecule has 2 aliphatic rings. The van der Waals surface area contributed by atoms with E-state index in [4.69, 9.17) is 4.74 Å². The van der Waals surface area contributed by atoms with Gasteiger partial charge in [-0.2, -0.15) is 10.4 Å². The van der Waals surface area contributed by atoms with E-state index in [0.717, 1.165) is 17.4 Å². The minimum absolute atomic E-state index is 0.0446. The Morgan fingerprint density at radius 3 is 2.59 bits per heavy atom. The highest BCUT2D eigenvalue weighted by Gasteiger charge is 2.37. The number of ether oxygens (including phenoxy) is 1. The number of carbonyl (C=O) groups excluding carboxylic acids is 2. The number of carbonyl (C=O) groups is 3. The Morgan fingerprint density at radius 2 is 1.91 bits per heavy atom. The van der Waals surface area contributed by atoms with Crippen LogP contribution in [0.25, 0.3) is 32.1 Å². The van der Waals surface area contributed by atoms with Crippen molar-refractivity contribution in [3.63, 3.8) is 0 Å². The van der Waals surface area contributed by atoms with E-state index in [1.807, 2.05) is 6.07 Å². The lowest BCUT2D eigenvalue weighted by atomic mass is 9.92. The number of carboxylic acid groups (broad SMARTS) is 1. The van der Waals surface area contributed by atoms with Gasteiger partial charge in [0, 0.05) is 42.5 Å². The Balaban J connectivity index is 1.53. The molecule has 4 heterocycles. The van der Waals surface area contributed by atoms with E-state index in [9.17, 15) is 24.8 Å². The number of thiophene rings is 1. The monoisotopic (exact) mass is 622 g/mol. The number of amides is 3. The van der Waals surface area contributed by atoms with Crippen LogP contribution in [0, 0.1) is 29.9 Å². The number of piperazine rings is 1. The van der Waals surface area contributed by atoms with Gasteiger partial charge in [-0.25, -0.2) is 18.4 Å². The van der Waals surface area contributed by atoms with Crippen LogP contribution in [-0.4, -0.2) is 74.1 Å². The van der Waals surface area contributed by atoms with E-state index >= 15 is 8.78 Å². The average molecular weight is 623 g/mol. The number of hydrogen-bond donors (Lipinski definition) is 2. The molecule has 2 aromatic carbocycles. The first-order chi connectivity index (χ1) is 20.8. The molecule has 4 aromatic rings. The van der Waals surface area contributed by atoms with Crippen molar-refractivity contribution in [2.45, 2.75) is 52.3 Å². The lowest BCUT2D eigenvalue weighted by Crippen LogP contribution is -2.57. The first kappa shape index (κ1) is 29.3. The van der Waals surface area contributed by atoms with Crippen molar-refractivity contribution in [1.29, 1.82) is 5.26 Å². The molecular weight excluding hydrogens is 594 g/mol. The number of aryl methyl sites for hydroxylation is 2. The summed E-state index contributed by atoms with van der Waals surface area (Å²) in [6, 6.07) is 5.32.